The standard InChI is InChI=1S/C22H36N2O4/c1-16-10-12-18(13-11-16)17(2)24(20(26)28-22(6,7)8)15-9-14-23-19(25)27-21(3,4)5/h10-13,17H,9,14-15H2,1-8H3,(H,23,25)/t17-/m0/s1. The molecule has 1 rings (SSSR count). The van der Waals surface area contributed by atoms with Crippen LogP contribution in [0.4, 0.5) is 9.59 Å². The molecule has 1 N–H and O–H groups in total. The van der Waals surface area contributed by atoms with Crippen LogP contribution in [0.25, 0.3) is 0 Å². The molecule has 1 aromatic rings. The van der Waals surface area contributed by atoms with Crippen molar-refractivity contribution in [3.8, 4) is 0 Å². The fourth-order valence-corrected chi connectivity index (χ4v) is 2.54. The zero-order valence-electron chi connectivity index (χ0n) is 18.6. The van der Waals surface area contributed by atoms with Gasteiger partial charge in [-0.2, -0.15) is 0 Å². The molecule has 0 aliphatic heterocycles. The monoisotopic (exact) mass is 392 g/mol. The van der Waals surface area contributed by atoms with Crippen molar-refractivity contribution in [1.82, 2.24) is 10.2 Å². The number of alkyl carbamates (subject to hydrolysis) is 1. The molecule has 0 aliphatic carbocycles. The maximum absolute atomic E-state index is 12.7. The molecule has 158 valence electrons. The van der Waals surface area contributed by atoms with Crippen LogP contribution in [-0.4, -0.2) is 41.4 Å². The SMILES string of the molecule is Cc1ccc([C@H](C)N(CCCNC(=O)OC(C)(C)C)C(=O)OC(C)(C)C)cc1. The van der Waals surface area contributed by atoms with Gasteiger partial charge in [0.1, 0.15) is 11.2 Å². The van der Waals surface area contributed by atoms with Crippen LogP contribution in [0.15, 0.2) is 24.3 Å². The second-order valence-corrected chi connectivity index (χ2v) is 9.04. The highest BCUT2D eigenvalue weighted by Gasteiger charge is 2.26. The van der Waals surface area contributed by atoms with Gasteiger partial charge in [-0.25, -0.2) is 9.59 Å². The van der Waals surface area contributed by atoms with Crippen LogP contribution >= 0.6 is 0 Å². The molecule has 1 aromatic carbocycles. The highest BCUT2D eigenvalue weighted by molar-refractivity contribution is 5.69. The summed E-state index contributed by atoms with van der Waals surface area (Å²) in [7, 11) is 0. The van der Waals surface area contributed by atoms with Crippen LogP contribution in [0, 0.1) is 6.92 Å². The third-order valence-electron chi connectivity index (χ3n) is 3.90. The van der Waals surface area contributed by atoms with Gasteiger partial charge in [-0.1, -0.05) is 29.8 Å². The lowest BCUT2D eigenvalue weighted by atomic mass is 10.1. The first-order valence-corrected chi connectivity index (χ1v) is 9.81. The van der Waals surface area contributed by atoms with Crippen LogP contribution in [0.1, 0.15) is 72.1 Å². The molecule has 0 saturated carbocycles. The zero-order valence-corrected chi connectivity index (χ0v) is 18.6. The van der Waals surface area contributed by atoms with Crippen molar-refractivity contribution in [1.29, 1.82) is 0 Å². The molecule has 0 radical (unpaired) electrons. The van der Waals surface area contributed by atoms with Crippen LogP contribution in [0.2, 0.25) is 0 Å². The van der Waals surface area contributed by atoms with Crippen molar-refractivity contribution in [3.63, 3.8) is 0 Å². The molecule has 1 atom stereocenters. The fraction of sp³-hybridized carbons (Fsp3) is 0.636. The van der Waals surface area contributed by atoms with E-state index in [4.69, 9.17) is 9.47 Å². The maximum Gasteiger partial charge on any atom is 0.410 e. The number of hydrogen-bond acceptors (Lipinski definition) is 4. The molecule has 6 heteroatoms. The number of nitrogens with zero attached hydrogens (tertiary/aromatic N) is 1. The van der Waals surface area contributed by atoms with E-state index in [2.05, 4.69) is 5.32 Å². The molecule has 0 aliphatic rings. The summed E-state index contributed by atoms with van der Waals surface area (Å²) in [6, 6.07) is 7.97. The number of carbonyl (C=O) groups is 2. The van der Waals surface area contributed by atoms with Gasteiger partial charge in [0.05, 0.1) is 6.04 Å². The summed E-state index contributed by atoms with van der Waals surface area (Å²) in [6.07, 6.45) is -0.227. The van der Waals surface area contributed by atoms with E-state index in [1.165, 1.54) is 5.56 Å². The molecule has 0 aromatic heterocycles. The van der Waals surface area contributed by atoms with Gasteiger partial charge in [0.25, 0.3) is 0 Å². The molecule has 28 heavy (non-hydrogen) atoms. The predicted molar refractivity (Wildman–Crippen MR) is 111 cm³/mol. The Morgan fingerprint density at radius 2 is 1.54 bits per heavy atom. The number of rotatable bonds is 6. The first kappa shape index (κ1) is 23.8. The predicted octanol–water partition coefficient (Wildman–Crippen LogP) is 5.21. The van der Waals surface area contributed by atoms with Gasteiger partial charge in [0.2, 0.25) is 0 Å². The van der Waals surface area contributed by atoms with Crippen molar-refractivity contribution in [2.24, 2.45) is 0 Å². The lowest BCUT2D eigenvalue weighted by Crippen LogP contribution is -2.40. The summed E-state index contributed by atoms with van der Waals surface area (Å²) in [5.41, 5.74) is 1.10. The number of amides is 2. The lowest BCUT2D eigenvalue weighted by Gasteiger charge is -2.32. The van der Waals surface area contributed by atoms with Gasteiger partial charge in [-0.15, -0.1) is 0 Å². The number of hydrogen-bond donors (Lipinski definition) is 1. The van der Waals surface area contributed by atoms with E-state index in [1.54, 1.807) is 4.90 Å². The Labute approximate surface area is 169 Å². The van der Waals surface area contributed by atoms with E-state index < -0.39 is 17.3 Å². The Kier molecular flexibility index (Phi) is 8.33. The van der Waals surface area contributed by atoms with Gasteiger partial charge >= 0.3 is 12.2 Å². The van der Waals surface area contributed by atoms with Crippen molar-refractivity contribution < 1.29 is 19.1 Å². The third kappa shape index (κ3) is 9.11. The molecule has 2 amide bonds. The highest BCUT2D eigenvalue weighted by atomic mass is 16.6. The summed E-state index contributed by atoms with van der Waals surface area (Å²) in [5.74, 6) is 0. The number of aryl methyl sites for hydroxylation is 1. The van der Waals surface area contributed by atoms with Crippen molar-refractivity contribution in [3.05, 3.63) is 35.4 Å². The molecule has 0 bridgehead atoms. The summed E-state index contributed by atoms with van der Waals surface area (Å²) in [6.45, 7) is 15.9. The van der Waals surface area contributed by atoms with Gasteiger partial charge in [0.15, 0.2) is 0 Å². The summed E-state index contributed by atoms with van der Waals surface area (Å²) in [5, 5.41) is 2.73. The first-order valence-electron chi connectivity index (χ1n) is 9.81. The van der Waals surface area contributed by atoms with Gasteiger partial charge in [-0.05, 0) is 67.4 Å². The van der Waals surface area contributed by atoms with Crippen molar-refractivity contribution in [2.75, 3.05) is 13.1 Å². The van der Waals surface area contributed by atoms with Crippen molar-refractivity contribution >= 4 is 12.2 Å². The number of benzene rings is 1. The largest absolute Gasteiger partial charge is 0.444 e. The van der Waals surface area contributed by atoms with Crippen LogP contribution < -0.4 is 5.32 Å². The summed E-state index contributed by atoms with van der Waals surface area (Å²) >= 11 is 0. The third-order valence-corrected chi connectivity index (χ3v) is 3.90. The Morgan fingerprint density at radius 3 is 2.04 bits per heavy atom. The molecular formula is C22H36N2O4. The lowest BCUT2D eigenvalue weighted by molar-refractivity contribution is 0.0171. The molecular weight excluding hydrogens is 356 g/mol. The molecule has 0 heterocycles. The van der Waals surface area contributed by atoms with E-state index in [9.17, 15) is 9.59 Å². The molecule has 0 saturated heterocycles. The minimum absolute atomic E-state index is 0.142. The zero-order chi connectivity index (χ0) is 21.5. The molecule has 0 fully saturated rings. The van der Waals surface area contributed by atoms with Gasteiger partial charge < -0.3 is 19.7 Å². The van der Waals surface area contributed by atoms with E-state index in [1.807, 2.05) is 79.7 Å². The Morgan fingerprint density at radius 1 is 1.00 bits per heavy atom. The van der Waals surface area contributed by atoms with Gasteiger partial charge in [-0.3, -0.25) is 0 Å². The maximum atomic E-state index is 12.7. The minimum atomic E-state index is -0.572. The van der Waals surface area contributed by atoms with Gasteiger partial charge in [0, 0.05) is 13.1 Å². The highest BCUT2D eigenvalue weighted by Crippen LogP contribution is 2.23. The van der Waals surface area contributed by atoms with E-state index in [-0.39, 0.29) is 12.1 Å². The van der Waals surface area contributed by atoms with E-state index >= 15 is 0 Å². The van der Waals surface area contributed by atoms with E-state index in [0.29, 0.717) is 19.5 Å². The second kappa shape index (κ2) is 9.80. The second-order valence-electron chi connectivity index (χ2n) is 9.04. The van der Waals surface area contributed by atoms with E-state index in [0.717, 1.165) is 5.56 Å². The quantitative estimate of drug-likeness (QED) is 0.675. The van der Waals surface area contributed by atoms with Crippen molar-refractivity contribution in [2.45, 2.75) is 79.1 Å². The smallest absolute Gasteiger partial charge is 0.410 e. The number of carbonyl (C=O) groups excluding carboxylic acids is 2. The molecule has 6 nitrogen and oxygen atoms in total. The normalized spacial score (nSPS) is 12.9. The summed E-state index contributed by atoms with van der Waals surface area (Å²) < 4.78 is 10.8. The average molecular weight is 393 g/mol. The van der Waals surface area contributed by atoms with Crippen LogP contribution in [0.3, 0.4) is 0 Å². The van der Waals surface area contributed by atoms with Crippen LogP contribution in [-0.2, 0) is 9.47 Å². The Hall–Kier alpha value is -2.24. The van der Waals surface area contributed by atoms with Crippen LogP contribution in [0.5, 0.6) is 0 Å². The summed E-state index contributed by atoms with van der Waals surface area (Å²) in [4.78, 5) is 26.2. The number of nitrogens with one attached hydrogen (secondary N) is 1. The fourth-order valence-electron chi connectivity index (χ4n) is 2.54. The minimum Gasteiger partial charge on any atom is -0.444 e. The topological polar surface area (TPSA) is 67.9 Å². The molecule has 0 spiro atoms. The Bertz CT molecular complexity index is 642. The molecule has 0 unspecified atom stereocenters. The number of ether oxygens (including phenoxy) is 2. The average Bonchev–Trinajstić information content (AvgIpc) is 2.51. The first-order chi connectivity index (χ1) is 12.8. The Balaban J connectivity index is 2.74.